The number of morpholine rings is 1. The summed E-state index contributed by atoms with van der Waals surface area (Å²) in [6.07, 6.45) is 1.10. The largest absolute Gasteiger partial charge is 0.375 e. The summed E-state index contributed by atoms with van der Waals surface area (Å²) in [7, 11) is 0. The Morgan fingerprint density at radius 1 is 1.56 bits per heavy atom. The van der Waals surface area contributed by atoms with Crippen LogP contribution in [0.4, 0.5) is 5.13 Å². The summed E-state index contributed by atoms with van der Waals surface area (Å²) >= 11 is 1.46. The normalized spacial score (nSPS) is 25.8. The zero-order valence-corrected chi connectivity index (χ0v) is 10.6. The monoisotopic (exact) mass is 240 g/mol. The summed E-state index contributed by atoms with van der Waals surface area (Å²) < 4.78 is 5.57. The minimum Gasteiger partial charge on any atom is -0.375 e. The molecule has 1 fully saturated rings. The summed E-state index contributed by atoms with van der Waals surface area (Å²) in [4.78, 5) is 18.2. The highest BCUT2D eigenvalue weighted by Gasteiger charge is 2.26. The number of aromatic nitrogens is 1. The van der Waals surface area contributed by atoms with E-state index in [9.17, 15) is 4.79 Å². The molecular formula is C11H16N2O2S. The van der Waals surface area contributed by atoms with Crippen LogP contribution in [0.5, 0.6) is 0 Å². The Hall–Kier alpha value is -0.940. The summed E-state index contributed by atoms with van der Waals surface area (Å²) in [6.45, 7) is 7.60. The van der Waals surface area contributed by atoms with E-state index >= 15 is 0 Å². The van der Waals surface area contributed by atoms with Crippen molar-refractivity contribution >= 4 is 22.8 Å². The first-order valence-corrected chi connectivity index (χ1v) is 6.24. The minimum atomic E-state index is 0.222. The molecule has 16 heavy (non-hydrogen) atoms. The number of carbonyl (C=O) groups is 1. The van der Waals surface area contributed by atoms with E-state index in [1.54, 1.807) is 0 Å². The molecule has 2 unspecified atom stereocenters. The first-order valence-electron chi connectivity index (χ1n) is 5.42. The van der Waals surface area contributed by atoms with Gasteiger partial charge < -0.3 is 9.64 Å². The predicted octanol–water partition coefficient (Wildman–Crippen LogP) is 1.88. The quantitative estimate of drug-likeness (QED) is 0.740. The fraction of sp³-hybridized carbons (Fsp3) is 0.636. The van der Waals surface area contributed by atoms with E-state index in [0.717, 1.165) is 35.1 Å². The fourth-order valence-corrected chi connectivity index (χ4v) is 2.79. The standard InChI is InChI=1S/C11H16N2O2S/c1-7-6-15-8(2)4-13(7)11-12-9(3)10(5-14)16-11/h5,7-8H,4,6H2,1-3H3. The average Bonchev–Trinajstić information content (AvgIpc) is 2.63. The molecule has 5 heteroatoms. The number of carbonyl (C=O) groups excluding carboxylic acids is 1. The van der Waals surface area contributed by atoms with Gasteiger partial charge in [0.2, 0.25) is 0 Å². The van der Waals surface area contributed by atoms with E-state index in [0.29, 0.717) is 6.04 Å². The molecule has 2 atom stereocenters. The molecule has 0 spiro atoms. The lowest BCUT2D eigenvalue weighted by Crippen LogP contribution is -2.47. The highest BCUT2D eigenvalue weighted by atomic mass is 32.1. The van der Waals surface area contributed by atoms with Crippen molar-refractivity contribution in [3.63, 3.8) is 0 Å². The van der Waals surface area contributed by atoms with Crippen LogP contribution in [0.15, 0.2) is 0 Å². The highest BCUT2D eigenvalue weighted by Crippen LogP contribution is 2.28. The first kappa shape index (κ1) is 11.5. The van der Waals surface area contributed by atoms with Crippen LogP contribution in [0, 0.1) is 6.92 Å². The molecule has 0 saturated carbocycles. The zero-order valence-electron chi connectivity index (χ0n) is 9.77. The Balaban J connectivity index is 2.24. The van der Waals surface area contributed by atoms with Crippen LogP contribution in [0.3, 0.4) is 0 Å². The van der Waals surface area contributed by atoms with Gasteiger partial charge in [-0.05, 0) is 20.8 Å². The summed E-state index contributed by atoms with van der Waals surface area (Å²) in [5.74, 6) is 0. The van der Waals surface area contributed by atoms with Crippen molar-refractivity contribution in [1.29, 1.82) is 0 Å². The average molecular weight is 240 g/mol. The lowest BCUT2D eigenvalue weighted by molar-refractivity contribution is 0.0343. The molecule has 1 saturated heterocycles. The fourth-order valence-electron chi connectivity index (χ4n) is 1.80. The molecule has 2 heterocycles. The van der Waals surface area contributed by atoms with E-state index in [-0.39, 0.29) is 6.10 Å². The minimum absolute atomic E-state index is 0.222. The number of anilines is 1. The van der Waals surface area contributed by atoms with E-state index in [1.807, 2.05) is 6.92 Å². The Labute approximate surface area is 99.2 Å². The van der Waals surface area contributed by atoms with Crippen molar-refractivity contribution in [2.75, 3.05) is 18.1 Å². The molecule has 1 aromatic rings. The number of hydrogen-bond acceptors (Lipinski definition) is 5. The maximum absolute atomic E-state index is 10.8. The lowest BCUT2D eigenvalue weighted by Gasteiger charge is -2.36. The van der Waals surface area contributed by atoms with E-state index in [1.165, 1.54) is 11.3 Å². The molecule has 0 radical (unpaired) electrons. The molecular weight excluding hydrogens is 224 g/mol. The lowest BCUT2D eigenvalue weighted by atomic mass is 10.2. The van der Waals surface area contributed by atoms with E-state index < -0.39 is 0 Å². The van der Waals surface area contributed by atoms with Gasteiger partial charge in [0.25, 0.3) is 0 Å². The van der Waals surface area contributed by atoms with Crippen LogP contribution in [0.25, 0.3) is 0 Å². The molecule has 2 rings (SSSR count). The first-order chi connectivity index (χ1) is 7.61. The van der Waals surface area contributed by atoms with Crippen molar-refractivity contribution in [3.05, 3.63) is 10.6 Å². The van der Waals surface area contributed by atoms with Gasteiger partial charge in [0.05, 0.1) is 29.3 Å². The second kappa shape index (κ2) is 4.51. The summed E-state index contributed by atoms with van der Waals surface area (Å²) in [5, 5.41) is 0.933. The third-order valence-corrected chi connectivity index (χ3v) is 3.90. The van der Waals surface area contributed by atoms with Gasteiger partial charge in [-0.1, -0.05) is 11.3 Å². The topological polar surface area (TPSA) is 42.4 Å². The SMILES string of the molecule is Cc1nc(N2CC(C)OCC2C)sc1C=O. The van der Waals surface area contributed by atoms with E-state index in [2.05, 4.69) is 23.7 Å². The van der Waals surface area contributed by atoms with Gasteiger partial charge in [0.1, 0.15) is 0 Å². The number of rotatable bonds is 2. The molecule has 0 aliphatic carbocycles. The van der Waals surface area contributed by atoms with E-state index in [4.69, 9.17) is 4.74 Å². The molecule has 1 aliphatic heterocycles. The molecule has 0 bridgehead atoms. The van der Waals surface area contributed by atoms with Crippen LogP contribution in [-0.2, 0) is 4.74 Å². The van der Waals surface area contributed by atoms with Crippen molar-refractivity contribution < 1.29 is 9.53 Å². The van der Waals surface area contributed by atoms with Crippen molar-refractivity contribution in [2.24, 2.45) is 0 Å². The van der Waals surface area contributed by atoms with Crippen molar-refractivity contribution in [2.45, 2.75) is 32.9 Å². The third-order valence-electron chi connectivity index (χ3n) is 2.78. The molecule has 0 aromatic carbocycles. The number of hydrogen-bond donors (Lipinski definition) is 0. The molecule has 4 nitrogen and oxygen atoms in total. The molecule has 0 N–H and O–H groups in total. The van der Waals surface area contributed by atoms with Gasteiger partial charge in [0.15, 0.2) is 11.4 Å². The zero-order chi connectivity index (χ0) is 11.7. The molecule has 1 aromatic heterocycles. The third kappa shape index (κ3) is 2.10. The number of aldehydes is 1. The van der Waals surface area contributed by atoms with Gasteiger partial charge in [-0.2, -0.15) is 0 Å². The van der Waals surface area contributed by atoms with Crippen LogP contribution in [0.1, 0.15) is 29.2 Å². The molecule has 0 amide bonds. The smallest absolute Gasteiger partial charge is 0.186 e. The Kier molecular flexibility index (Phi) is 3.25. The van der Waals surface area contributed by atoms with Crippen LogP contribution in [0.2, 0.25) is 0 Å². The number of nitrogens with zero attached hydrogens (tertiary/aromatic N) is 2. The highest BCUT2D eigenvalue weighted by molar-refractivity contribution is 7.17. The van der Waals surface area contributed by atoms with Crippen molar-refractivity contribution in [3.8, 4) is 0 Å². The Bertz CT molecular complexity index is 391. The predicted molar refractivity (Wildman–Crippen MR) is 64.5 cm³/mol. The van der Waals surface area contributed by atoms with Crippen LogP contribution < -0.4 is 4.90 Å². The van der Waals surface area contributed by atoms with Gasteiger partial charge in [-0.3, -0.25) is 4.79 Å². The number of aryl methyl sites for hydroxylation is 1. The van der Waals surface area contributed by atoms with Gasteiger partial charge in [0, 0.05) is 6.54 Å². The maximum Gasteiger partial charge on any atom is 0.186 e. The summed E-state index contributed by atoms with van der Waals surface area (Å²) in [5.41, 5.74) is 0.821. The van der Waals surface area contributed by atoms with Crippen molar-refractivity contribution in [1.82, 2.24) is 4.98 Å². The molecule has 88 valence electrons. The van der Waals surface area contributed by atoms with Gasteiger partial charge in [-0.25, -0.2) is 4.98 Å². The van der Waals surface area contributed by atoms with Gasteiger partial charge in [-0.15, -0.1) is 0 Å². The summed E-state index contributed by atoms with van der Waals surface area (Å²) in [6, 6.07) is 0.321. The Morgan fingerprint density at radius 2 is 2.31 bits per heavy atom. The maximum atomic E-state index is 10.8. The van der Waals surface area contributed by atoms with Gasteiger partial charge >= 0.3 is 0 Å². The van der Waals surface area contributed by atoms with Crippen LogP contribution in [-0.4, -0.2) is 36.6 Å². The second-order valence-electron chi connectivity index (χ2n) is 4.21. The number of ether oxygens (including phenoxy) is 1. The Morgan fingerprint density at radius 3 is 2.94 bits per heavy atom. The number of thiazole rings is 1. The molecule has 1 aliphatic rings. The second-order valence-corrected chi connectivity index (χ2v) is 5.22. The van der Waals surface area contributed by atoms with Crippen LogP contribution >= 0.6 is 11.3 Å².